The van der Waals surface area contributed by atoms with Gasteiger partial charge in [0.1, 0.15) is 0 Å². The second-order valence-corrected chi connectivity index (χ2v) is 3.79. The third-order valence-corrected chi connectivity index (χ3v) is 2.54. The van der Waals surface area contributed by atoms with E-state index in [0.29, 0.717) is 6.61 Å². The van der Waals surface area contributed by atoms with Gasteiger partial charge in [0.25, 0.3) is 0 Å². The van der Waals surface area contributed by atoms with E-state index in [1.165, 1.54) is 6.08 Å². The minimum Gasteiger partial charge on any atom is -0.463 e. The molecule has 0 aromatic carbocycles. The van der Waals surface area contributed by atoms with E-state index in [0.717, 1.165) is 32.5 Å². The fourth-order valence-corrected chi connectivity index (χ4v) is 1.44. The summed E-state index contributed by atoms with van der Waals surface area (Å²) < 4.78 is 5.06. The molecule has 0 atom stereocenters. The molecule has 0 spiro atoms. The van der Waals surface area contributed by atoms with Crippen molar-refractivity contribution in [3.63, 3.8) is 0 Å². The fraction of sp³-hybridized carbons (Fsp3) is 0.643. The molecule has 0 aliphatic heterocycles. The highest BCUT2D eigenvalue weighted by Crippen LogP contribution is 1.96. The second-order valence-electron chi connectivity index (χ2n) is 3.79. The van der Waals surface area contributed by atoms with Crippen molar-refractivity contribution in [2.75, 3.05) is 26.2 Å². The molecule has 0 bridgehead atoms. The van der Waals surface area contributed by atoms with Gasteiger partial charge < -0.3 is 9.64 Å². The Labute approximate surface area is 105 Å². The van der Waals surface area contributed by atoms with E-state index in [1.807, 2.05) is 19.1 Å². The minimum atomic E-state index is -0.258. The molecule has 0 saturated heterocycles. The highest BCUT2D eigenvalue weighted by atomic mass is 16.5. The van der Waals surface area contributed by atoms with E-state index in [1.54, 1.807) is 6.08 Å². The molecule has 0 aliphatic rings. The number of hydrogen-bond donors (Lipinski definition) is 0. The van der Waals surface area contributed by atoms with Crippen molar-refractivity contribution in [1.29, 1.82) is 0 Å². The van der Waals surface area contributed by atoms with Gasteiger partial charge in [0.15, 0.2) is 0 Å². The van der Waals surface area contributed by atoms with Gasteiger partial charge in [-0.2, -0.15) is 0 Å². The maximum absolute atomic E-state index is 11.2. The van der Waals surface area contributed by atoms with Crippen LogP contribution in [0.15, 0.2) is 24.3 Å². The van der Waals surface area contributed by atoms with E-state index in [-0.39, 0.29) is 5.97 Å². The Hall–Kier alpha value is -1.09. The molecule has 0 unspecified atom stereocenters. The molecule has 0 amide bonds. The van der Waals surface area contributed by atoms with Crippen LogP contribution in [0.3, 0.4) is 0 Å². The molecule has 0 rings (SSSR count). The molecule has 0 N–H and O–H groups in total. The molecule has 98 valence electrons. The van der Waals surface area contributed by atoms with Crippen molar-refractivity contribution in [2.45, 2.75) is 33.6 Å². The minimum absolute atomic E-state index is 0.258. The Morgan fingerprint density at radius 2 is 1.88 bits per heavy atom. The van der Waals surface area contributed by atoms with Crippen molar-refractivity contribution in [2.24, 2.45) is 0 Å². The number of rotatable bonds is 9. The molecule has 0 aliphatic carbocycles. The summed E-state index contributed by atoms with van der Waals surface area (Å²) in [6, 6.07) is 0. The maximum atomic E-state index is 11.2. The molecule has 3 nitrogen and oxygen atoms in total. The predicted octanol–water partition coefficient (Wildman–Crippen LogP) is 2.78. The van der Waals surface area contributed by atoms with E-state index >= 15 is 0 Å². The highest BCUT2D eigenvalue weighted by Gasteiger charge is 1.99. The monoisotopic (exact) mass is 239 g/mol. The molecule has 3 heteroatoms. The van der Waals surface area contributed by atoms with E-state index in [4.69, 9.17) is 4.74 Å². The maximum Gasteiger partial charge on any atom is 0.330 e. The summed E-state index contributed by atoms with van der Waals surface area (Å²) in [5.74, 6) is -0.258. The smallest absolute Gasteiger partial charge is 0.330 e. The van der Waals surface area contributed by atoms with Crippen LogP contribution in [0.25, 0.3) is 0 Å². The molecule has 0 heterocycles. The fourth-order valence-electron chi connectivity index (χ4n) is 1.44. The largest absolute Gasteiger partial charge is 0.463 e. The van der Waals surface area contributed by atoms with Crippen LogP contribution in [0.1, 0.15) is 33.6 Å². The topological polar surface area (TPSA) is 29.5 Å². The third-order valence-electron chi connectivity index (χ3n) is 2.54. The van der Waals surface area contributed by atoms with Gasteiger partial charge in [-0.3, -0.25) is 0 Å². The molecule has 0 fully saturated rings. The first-order valence-electron chi connectivity index (χ1n) is 6.43. The molecule has 17 heavy (non-hydrogen) atoms. The Morgan fingerprint density at radius 1 is 1.18 bits per heavy atom. The predicted molar refractivity (Wildman–Crippen MR) is 71.9 cm³/mol. The van der Waals surface area contributed by atoms with Crippen LogP contribution in [0.5, 0.6) is 0 Å². The first-order chi connectivity index (χ1) is 8.24. The quantitative estimate of drug-likeness (QED) is 0.268. The van der Waals surface area contributed by atoms with Crippen LogP contribution in [-0.2, 0) is 9.53 Å². The molecule has 0 saturated carbocycles. The van der Waals surface area contributed by atoms with Crippen molar-refractivity contribution >= 4 is 5.97 Å². The summed E-state index contributed by atoms with van der Waals surface area (Å²) in [7, 11) is 0. The average molecular weight is 239 g/mol. The summed E-state index contributed by atoms with van der Waals surface area (Å²) >= 11 is 0. The Kier molecular flexibility index (Phi) is 10.7. The van der Waals surface area contributed by atoms with Crippen LogP contribution in [-0.4, -0.2) is 37.1 Å². The first-order valence-corrected chi connectivity index (χ1v) is 6.43. The Balaban J connectivity index is 3.48. The number of unbranched alkanes of at least 4 members (excludes halogenated alkanes) is 1. The number of esters is 1. The lowest BCUT2D eigenvalue weighted by Crippen LogP contribution is -2.24. The number of nitrogens with zero attached hydrogens (tertiary/aromatic N) is 1. The number of carbonyl (C=O) groups excluding carboxylic acids is 1. The summed E-state index contributed by atoms with van der Waals surface area (Å²) in [5.41, 5.74) is 0. The number of ether oxygens (including phenoxy) is 1. The van der Waals surface area contributed by atoms with Gasteiger partial charge in [-0.15, -0.1) is 0 Å². The first kappa shape index (κ1) is 15.9. The van der Waals surface area contributed by atoms with Crippen LogP contribution in [0, 0.1) is 0 Å². The van der Waals surface area contributed by atoms with Gasteiger partial charge in [-0.25, -0.2) is 4.79 Å². The summed E-state index contributed by atoms with van der Waals surface area (Å²) in [6.07, 6.45) is 8.82. The number of carbonyl (C=O) groups is 1. The van der Waals surface area contributed by atoms with Gasteiger partial charge >= 0.3 is 5.97 Å². The standard InChI is InChI=1S/C14H25NO2/c1-4-7-8-11-14(16)17-13-10-9-12-15(5-2)6-3/h4,7-8,11H,5-6,9-10,12-13H2,1-3H3. The van der Waals surface area contributed by atoms with Gasteiger partial charge in [-0.05, 0) is 39.4 Å². The van der Waals surface area contributed by atoms with Gasteiger partial charge in [-0.1, -0.05) is 32.1 Å². The lowest BCUT2D eigenvalue weighted by atomic mass is 10.3. The van der Waals surface area contributed by atoms with Gasteiger partial charge in [0.05, 0.1) is 6.61 Å². The molecular weight excluding hydrogens is 214 g/mol. The normalized spacial score (nSPS) is 11.8. The van der Waals surface area contributed by atoms with E-state index in [9.17, 15) is 4.79 Å². The number of allylic oxidation sites excluding steroid dienone is 3. The molecular formula is C14H25NO2. The van der Waals surface area contributed by atoms with Crippen LogP contribution >= 0.6 is 0 Å². The second kappa shape index (κ2) is 11.4. The van der Waals surface area contributed by atoms with E-state index in [2.05, 4.69) is 18.7 Å². The van der Waals surface area contributed by atoms with Crippen molar-refractivity contribution < 1.29 is 9.53 Å². The van der Waals surface area contributed by atoms with Crippen molar-refractivity contribution in [1.82, 2.24) is 4.90 Å². The van der Waals surface area contributed by atoms with E-state index < -0.39 is 0 Å². The van der Waals surface area contributed by atoms with Gasteiger partial charge in [0, 0.05) is 6.08 Å². The molecule has 0 radical (unpaired) electrons. The van der Waals surface area contributed by atoms with Crippen molar-refractivity contribution in [3.8, 4) is 0 Å². The Bertz CT molecular complexity index is 243. The zero-order valence-corrected chi connectivity index (χ0v) is 11.3. The summed E-state index contributed by atoms with van der Waals surface area (Å²) in [4.78, 5) is 13.5. The number of hydrogen-bond acceptors (Lipinski definition) is 3. The van der Waals surface area contributed by atoms with Crippen LogP contribution in [0.2, 0.25) is 0 Å². The zero-order chi connectivity index (χ0) is 12.9. The summed E-state index contributed by atoms with van der Waals surface area (Å²) in [6.45, 7) is 10.00. The highest BCUT2D eigenvalue weighted by molar-refractivity contribution is 5.82. The van der Waals surface area contributed by atoms with Crippen LogP contribution < -0.4 is 0 Å². The average Bonchev–Trinajstić information content (AvgIpc) is 2.34. The summed E-state index contributed by atoms with van der Waals surface area (Å²) in [5, 5.41) is 0. The molecule has 0 aromatic heterocycles. The SMILES string of the molecule is CC=CC=CC(=O)OCCCCN(CC)CC. The zero-order valence-electron chi connectivity index (χ0n) is 11.3. The lowest BCUT2D eigenvalue weighted by molar-refractivity contribution is -0.137. The molecule has 0 aromatic rings. The van der Waals surface area contributed by atoms with Gasteiger partial charge in [0.2, 0.25) is 0 Å². The van der Waals surface area contributed by atoms with Crippen molar-refractivity contribution in [3.05, 3.63) is 24.3 Å². The Morgan fingerprint density at radius 3 is 2.47 bits per heavy atom. The lowest BCUT2D eigenvalue weighted by Gasteiger charge is -2.17. The third kappa shape index (κ3) is 9.82. The van der Waals surface area contributed by atoms with Crippen LogP contribution in [0.4, 0.5) is 0 Å².